The Bertz CT molecular complexity index is 907. The van der Waals surface area contributed by atoms with Crippen molar-refractivity contribution in [3.63, 3.8) is 0 Å². The van der Waals surface area contributed by atoms with Crippen LogP contribution in [0.2, 0.25) is 0 Å². The fourth-order valence-corrected chi connectivity index (χ4v) is 5.17. The maximum Gasteiger partial charge on any atom is 0.264 e. The molecule has 0 radical (unpaired) electrons. The van der Waals surface area contributed by atoms with Crippen molar-refractivity contribution in [3.8, 4) is 0 Å². The van der Waals surface area contributed by atoms with Crippen molar-refractivity contribution in [2.24, 2.45) is 0 Å². The number of nitrogens with one attached hydrogen (secondary N) is 1. The predicted molar refractivity (Wildman–Crippen MR) is 108 cm³/mol. The van der Waals surface area contributed by atoms with Gasteiger partial charge in [0.2, 0.25) is 0 Å². The molecule has 0 aliphatic carbocycles. The topological polar surface area (TPSA) is 66.5 Å². The standard InChI is InChI=1S/C21H26N2O3S/c1-3-4-7-14-22-21(24)17-10-12-19(13-11-17)27(25,26)23-16(2)15-18-8-5-6-9-20(18)23/h5-6,8-13,16H,3-4,7,14-15H2,1-2H3,(H,22,24). The number of nitrogens with zero attached hydrogens (tertiary/aromatic N) is 1. The van der Waals surface area contributed by atoms with E-state index in [9.17, 15) is 13.2 Å². The van der Waals surface area contributed by atoms with Gasteiger partial charge in [0.25, 0.3) is 15.9 Å². The summed E-state index contributed by atoms with van der Waals surface area (Å²) in [6.45, 7) is 4.66. The molecular weight excluding hydrogens is 360 g/mol. The molecule has 5 nitrogen and oxygen atoms in total. The maximum atomic E-state index is 13.2. The highest BCUT2D eigenvalue weighted by molar-refractivity contribution is 7.92. The van der Waals surface area contributed by atoms with Gasteiger partial charge in [0.15, 0.2) is 0 Å². The Balaban J connectivity index is 1.77. The number of hydrogen-bond donors (Lipinski definition) is 1. The Morgan fingerprint density at radius 2 is 1.81 bits per heavy atom. The highest BCUT2D eigenvalue weighted by Crippen LogP contribution is 2.36. The van der Waals surface area contributed by atoms with Crippen LogP contribution < -0.4 is 9.62 Å². The highest BCUT2D eigenvalue weighted by Gasteiger charge is 2.35. The lowest BCUT2D eigenvalue weighted by Gasteiger charge is -2.24. The fourth-order valence-electron chi connectivity index (χ4n) is 3.47. The number of fused-ring (bicyclic) bond motifs is 1. The number of carbonyl (C=O) groups excluding carboxylic acids is 1. The summed E-state index contributed by atoms with van der Waals surface area (Å²) in [6, 6.07) is 13.6. The van der Waals surface area contributed by atoms with Gasteiger partial charge in [0, 0.05) is 18.2 Å². The Morgan fingerprint density at radius 1 is 1.11 bits per heavy atom. The normalized spacial score (nSPS) is 16.2. The molecule has 0 saturated carbocycles. The molecule has 144 valence electrons. The summed E-state index contributed by atoms with van der Waals surface area (Å²) in [4.78, 5) is 12.4. The number of para-hydroxylation sites is 1. The number of benzene rings is 2. The number of rotatable bonds is 7. The van der Waals surface area contributed by atoms with E-state index in [-0.39, 0.29) is 16.8 Å². The van der Waals surface area contributed by atoms with Gasteiger partial charge in [-0.05, 0) is 55.7 Å². The Kier molecular flexibility index (Phi) is 5.85. The summed E-state index contributed by atoms with van der Waals surface area (Å²) < 4.78 is 27.8. The average molecular weight is 387 g/mol. The second-order valence-corrected chi connectivity index (χ2v) is 8.79. The zero-order valence-electron chi connectivity index (χ0n) is 15.8. The van der Waals surface area contributed by atoms with Gasteiger partial charge in [-0.15, -0.1) is 0 Å². The van der Waals surface area contributed by atoms with Crippen molar-refractivity contribution in [2.45, 2.75) is 50.5 Å². The van der Waals surface area contributed by atoms with Crippen molar-refractivity contribution in [3.05, 3.63) is 59.7 Å². The van der Waals surface area contributed by atoms with Crippen LogP contribution >= 0.6 is 0 Å². The lowest BCUT2D eigenvalue weighted by atomic mass is 10.1. The van der Waals surface area contributed by atoms with E-state index >= 15 is 0 Å². The molecule has 1 N–H and O–H groups in total. The van der Waals surface area contributed by atoms with E-state index in [1.807, 2.05) is 31.2 Å². The van der Waals surface area contributed by atoms with Crippen molar-refractivity contribution < 1.29 is 13.2 Å². The van der Waals surface area contributed by atoms with Crippen LogP contribution in [-0.4, -0.2) is 26.9 Å². The second kappa shape index (κ2) is 8.13. The number of anilines is 1. The average Bonchev–Trinajstić information content (AvgIpc) is 3.01. The number of carbonyl (C=O) groups is 1. The first kappa shape index (κ1) is 19.4. The summed E-state index contributed by atoms with van der Waals surface area (Å²) in [6.07, 6.45) is 3.82. The minimum Gasteiger partial charge on any atom is -0.352 e. The van der Waals surface area contributed by atoms with Crippen LogP contribution in [0.15, 0.2) is 53.4 Å². The number of unbranched alkanes of at least 4 members (excludes halogenated alkanes) is 2. The first-order chi connectivity index (χ1) is 12.9. The molecule has 1 aliphatic rings. The van der Waals surface area contributed by atoms with Crippen molar-refractivity contribution in [1.82, 2.24) is 5.32 Å². The molecule has 6 heteroatoms. The van der Waals surface area contributed by atoms with Gasteiger partial charge >= 0.3 is 0 Å². The van der Waals surface area contributed by atoms with Gasteiger partial charge in [-0.25, -0.2) is 8.42 Å². The largest absolute Gasteiger partial charge is 0.352 e. The Hall–Kier alpha value is -2.34. The quantitative estimate of drug-likeness (QED) is 0.737. The summed E-state index contributed by atoms with van der Waals surface area (Å²) in [5, 5.41) is 2.87. The SMILES string of the molecule is CCCCCNC(=O)c1ccc(S(=O)(=O)N2c3ccccc3CC2C)cc1. The summed E-state index contributed by atoms with van der Waals surface area (Å²) in [5.41, 5.74) is 2.25. The van der Waals surface area contributed by atoms with E-state index in [2.05, 4.69) is 12.2 Å². The number of sulfonamides is 1. The van der Waals surface area contributed by atoms with Crippen LogP contribution in [0.5, 0.6) is 0 Å². The highest BCUT2D eigenvalue weighted by atomic mass is 32.2. The molecule has 3 rings (SSSR count). The van der Waals surface area contributed by atoms with E-state index in [1.54, 1.807) is 12.1 Å². The molecule has 2 aromatic carbocycles. The third-order valence-corrected chi connectivity index (χ3v) is 6.83. The molecule has 0 aromatic heterocycles. The minimum atomic E-state index is -3.67. The first-order valence-corrected chi connectivity index (χ1v) is 10.9. The summed E-state index contributed by atoms with van der Waals surface area (Å²) >= 11 is 0. The third kappa shape index (κ3) is 4.00. The van der Waals surface area contributed by atoms with Crippen LogP contribution in [0.3, 0.4) is 0 Å². The minimum absolute atomic E-state index is 0.131. The monoisotopic (exact) mass is 386 g/mol. The maximum absolute atomic E-state index is 13.2. The fraction of sp³-hybridized carbons (Fsp3) is 0.381. The molecule has 1 atom stereocenters. The van der Waals surface area contributed by atoms with Crippen LogP contribution in [0.4, 0.5) is 5.69 Å². The van der Waals surface area contributed by atoms with Crippen LogP contribution in [0, 0.1) is 0 Å². The van der Waals surface area contributed by atoms with Crippen molar-refractivity contribution in [2.75, 3.05) is 10.8 Å². The van der Waals surface area contributed by atoms with Crippen molar-refractivity contribution in [1.29, 1.82) is 0 Å². The molecule has 1 heterocycles. The zero-order valence-corrected chi connectivity index (χ0v) is 16.6. The van der Waals surface area contributed by atoms with E-state index in [4.69, 9.17) is 0 Å². The molecule has 0 saturated heterocycles. The lowest BCUT2D eigenvalue weighted by molar-refractivity contribution is 0.0953. The van der Waals surface area contributed by atoms with Crippen LogP contribution in [0.25, 0.3) is 0 Å². The molecule has 1 unspecified atom stereocenters. The molecule has 0 spiro atoms. The van der Waals surface area contributed by atoms with Gasteiger partial charge in [0.1, 0.15) is 0 Å². The molecular formula is C21H26N2O3S. The first-order valence-electron chi connectivity index (χ1n) is 9.45. The second-order valence-electron chi connectivity index (χ2n) is 6.97. The van der Waals surface area contributed by atoms with E-state index in [1.165, 1.54) is 16.4 Å². The molecule has 1 amide bonds. The van der Waals surface area contributed by atoms with E-state index < -0.39 is 10.0 Å². The Morgan fingerprint density at radius 3 is 2.52 bits per heavy atom. The lowest BCUT2D eigenvalue weighted by Crippen LogP contribution is -2.35. The van der Waals surface area contributed by atoms with Crippen molar-refractivity contribution >= 4 is 21.6 Å². The molecule has 27 heavy (non-hydrogen) atoms. The van der Waals surface area contributed by atoms with Gasteiger partial charge in [-0.2, -0.15) is 0 Å². The number of amides is 1. The van der Waals surface area contributed by atoms with Crippen LogP contribution in [-0.2, 0) is 16.4 Å². The zero-order chi connectivity index (χ0) is 19.4. The summed E-state index contributed by atoms with van der Waals surface area (Å²) in [5.74, 6) is -0.171. The van der Waals surface area contributed by atoms with Crippen LogP contribution in [0.1, 0.15) is 49.0 Å². The van der Waals surface area contributed by atoms with Gasteiger partial charge in [-0.1, -0.05) is 38.0 Å². The molecule has 1 aliphatic heterocycles. The van der Waals surface area contributed by atoms with E-state index in [0.29, 0.717) is 18.5 Å². The van der Waals surface area contributed by atoms with Gasteiger partial charge in [-0.3, -0.25) is 9.10 Å². The summed E-state index contributed by atoms with van der Waals surface area (Å²) in [7, 11) is -3.67. The smallest absolute Gasteiger partial charge is 0.264 e. The molecule has 2 aromatic rings. The van der Waals surface area contributed by atoms with Gasteiger partial charge < -0.3 is 5.32 Å². The van der Waals surface area contributed by atoms with E-state index in [0.717, 1.165) is 30.5 Å². The Labute approximate surface area is 161 Å². The number of hydrogen-bond acceptors (Lipinski definition) is 3. The predicted octanol–water partition coefficient (Wildman–Crippen LogP) is 3.75. The molecule has 0 fully saturated rings. The molecule has 0 bridgehead atoms. The van der Waals surface area contributed by atoms with Gasteiger partial charge in [0.05, 0.1) is 10.6 Å². The third-order valence-electron chi connectivity index (χ3n) is 4.88.